The van der Waals surface area contributed by atoms with Crippen molar-refractivity contribution >= 4 is 23.2 Å². The molecule has 116 valence electrons. The predicted molar refractivity (Wildman–Crippen MR) is 79.7 cm³/mol. The highest BCUT2D eigenvalue weighted by Gasteiger charge is 2.24. The fourth-order valence-corrected chi connectivity index (χ4v) is 2.91. The first-order valence-electron chi connectivity index (χ1n) is 6.99. The number of amides is 1. The Labute approximate surface area is 128 Å². The van der Waals surface area contributed by atoms with E-state index in [2.05, 4.69) is 5.32 Å². The number of carbonyl (C=O) groups excluding carboxylic acids is 1. The minimum Gasteiger partial charge on any atom is -0.491 e. The molecule has 1 aromatic carbocycles. The summed E-state index contributed by atoms with van der Waals surface area (Å²) in [5.74, 6) is -0.775. The van der Waals surface area contributed by atoms with E-state index in [1.54, 1.807) is 0 Å². The van der Waals surface area contributed by atoms with Gasteiger partial charge in [-0.2, -0.15) is 0 Å². The van der Waals surface area contributed by atoms with Crippen molar-refractivity contribution < 1.29 is 18.7 Å². The van der Waals surface area contributed by atoms with Crippen molar-refractivity contribution in [3.8, 4) is 11.5 Å². The highest BCUT2D eigenvalue weighted by atomic mass is 35.5. The van der Waals surface area contributed by atoms with E-state index in [-0.39, 0.29) is 34.0 Å². The molecule has 1 fully saturated rings. The van der Waals surface area contributed by atoms with Gasteiger partial charge in [-0.3, -0.25) is 4.79 Å². The standard InChI is InChI=1S/C15H19ClFNO3/c1-20-13-10(17)8-11(12(16)14(13)21-2)18-15(19)9-6-4-3-5-7-9/h8-9H,3-7H2,1-2H3,(H,18,19). The summed E-state index contributed by atoms with van der Waals surface area (Å²) in [4.78, 5) is 12.2. The van der Waals surface area contributed by atoms with E-state index in [0.717, 1.165) is 38.2 Å². The molecule has 0 unspecified atom stereocenters. The summed E-state index contributed by atoms with van der Waals surface area (Å²) < 4.78 is 23.9. The van der Waals surface area contributed by atoms with E-state index in [1.807, 2.05) is 0 Å². The maximum absolute atomic E-state index is 14.0. The Hall–Kier alpha value is -1.49. The Bertz CT molecular complexity index is 530. The average molecular weight is 316 g/mol. The van der Waals surface area contributed by atoms with Crippen LogP contribution < -0.4 is 14.8 Å². The maximum Gasteiger partial charge on any atom is 0.227 e. The van der Waals surface area contributed by atoms with Crippen molar-refractivity contribution in [1.29, 1.82) is 0 Å². The zero-order chi connectivity index (χ0) is 15.4. The molecular weight excluding hydrogens is 297 g/mol. The van der Waals surface area contributed by atoms with Gasteiger partial charge in [-0.25, -0.2) is 4.39 Å². The molecule has 1 N–H and O–H groups in total. The topological polar surface area (TPSA) is 47.6 Å². The number of nitrogens with one attached hydrogen (secondary N) is 1. The predicted octanol–water partition coefficient (Wildman–Crippen LogP) is 4.02. The van der Waals surface area contributed by atoms with E-state index >= 15 is 0 Å². The normalized spacial score (nSPS) is 15.6. The van der Waals surface area contributed by atoms with Gasteiger partial charge in [0, 0.05) is 12.0 Å². The second-order valence-corrected chi connectivity index (χ2v) is 5.49. The molecule has 0 heterocycles. The number of anilines is 1. The molecule has 0 bridgehead atoms. The second-order valence-electron chi connectivity index (χ2n) is 5.11. The average Bonchev–Trinajstić information content (AvgIpc) is 2.50. The molecule has 0 radical (unpaired) electrons. The number of methoxy groups -OCH3 is 2. The van der Waals surface area contributed by atoms with Gasteiger partial charge < -0.3 is 14.8 Å². The Morgan fingerprint density at radius 3 is 2.43 bits per heavy atom. The molecule has 0 atom stereocenters. The number of hydrogen-bond acceptors (Lipinski definition) is 3. The number of hydrogen-bond donors (Lipinski definition) is 1. The third-order valence-corrected chi connectivity index (χ3v) is 4.15. The number of benzene rings is 1. The van der Waals surface area contributed by atoms with Gasteiger partial charge in [-0.1, -0.05) is 30.9 Å². The van der Waals surface area contributed by atoms with Gasteiger partial charge in [0.2, 0.25) is 5.91 Å². The molecular formula is C15H19ClFNO3. The lowest BCUT2D eigenvalue weighted by atomic mass is 9.88. The molecule has 1 saturated carbocycles. The minimum atomic E-state index is -0.627. The summed E-state index contributed by atoms with van der Waals surface area (Å²) >= 11 is 6.16. The van der Waals surface area contributed by atoms with E-state index in [9.17, 15) is 9.18 Å². The molecule has 2 rings (SSSR count). The Morgan fingerprint density at radius 2 is 1.86 bits per heavy atom. The third-order valence-electron chi connectivity index (χ3n) is 3.77. The van der Waals surface area contributed by atoms with Crippen LogP contribution in [0.4, 0.5) is 10.1 Å². The van der Waals surface area contributed by atoms with Crippen LogP contribution in [0.15, 0.2) is 6.07 Å². The highest BCUT2D eigenvalue weighted by molar-refractivity contribution is 6.35. The Balaban J connectivity index is 2.23. The van der Waals surface area contributed by atoms with Crippen molar-refractivity contribution in [1.82, 2.24) is 0 Å². The molecule has 0 spiro atoms. The van der Waals surface area contributed by atoms with Crippen LogP contribution in [0.25, 0.3) is 0 Å². The molecule has 0 saturated heterocycles. The van der Waals surface area contributed by atoms with Crippen molar-refractivity contribution in [2.24, 2.45) is 5.92 Å². The summed E-state index contributed by atoms with van der Waals surface area (Å²) in [5, 5.41) is 2.84. The van der Waals surface area contributed by atoms with Gasteiger partial charge in [0.25, 0.3) is 0 Å². The van der Waals surface area contributed by atoms with Crippen LogP contribution in [0.1, 0.15) is 32.1 Å². The van der Waals surface area contributed by atoms with Crippen LogP contribution in [-0.2, 0) is 4.79 Å². The smallest absolute Gasteiger partial charge is 0.227 e. The minimum absolute atomic E-state index is 0.0361. The van der Waals surface area contributed by atoms with Gasteiger partial charge in [0.1, 0.15) is 5.02 Å². The lowest BCUT2D eigenvalue weighted by Gasteiger charge is -2.21. The number of rotatable bonds is 4. The van der Waals surface area contributed by atoms with E-state index in [1.165, 1.54) is 14.2 Å². The summed E-state index contributed by atoms with van der Waals surface area (Å²) in [6.07, 6.45) is 4.98. The molecule has 6 heteroatoms. The molecule has 1 amide bonds. The molecule has 0 aromatic heterocycles. The highest BCUT2D eigenvalue weighted by Crippen LogP contribution is 2.42. The van der Waals surface area contributed by atoms with E-state index < -0.39 is 5.82 Å². The van der Waals surface area contributed by atoms with Gasteiger partial charge >= 0.3 is 0 Å². The van der Waals surface area contributed by atoms with Crippen LogP contribution >= 0.6 is 11.6 Å². The molecule has 1 aliphatic rings. The van der Waals surface area contributed by atoms with Gasteiger partial charge in [-0.15, -0.1) is 0 Å². The zero-order valence-corrected chi connectivity index (χ0v) is 12.9. The van der Waals surface area contributed by atoms with Crippen molar-refractivity contribution in [3.63, 3.8) is 0 Å². The monoisotopic (exact) mass is 315 g/mol. The molecule has 1 aromatic rings. The number of carbonyl (C=O) groups is 1. The van der Waals surface area contributed by atoms with Gasteiger partial charge in [0.15, 0.2) is 17.3 Å². The first kappa shape index (κ1) is 15.9. The van der Waals surface area contributed by atoms with Crippen LogP contribution in [0.5, 0.6) is 11.5 Å². The van der Waals surface area contributed by atoms with E-state index in [4.69, 9.17) is 21.1 Å². The quantitative estimate of drug-likeness (QED) is 0.913. The number of halogens is 2. The fourth-order valence-electron chi connectivity index (χ4n) is 2.65. The fraction of sp³-hybridized carbons (Fsp3) is 0.533. The largest absolute Gasteiger partial charge is 0.491 e. The molecule has 4 nitrogen and oxygen atoms in total. The van der Waals surface area contributed by atoms with Crippen molar-refractivity contribution in [3.05, 3.63) is 16.9 Å². The second kappa shape index (κ2) is 6.98. The first-order chi connectivity index (χ1) is 10.1. The van der Waals surface area contributed by atoms with Gasteiger partial charge in [0.05, 0.1) is 19.9 Å². The van der Waals surface area contributed by atoms with E-state index in [0.29, 0.717) is 0 Å². The van der Waals surface area contributed by atoms with Crippen LogP contribution in [0.2, 0.25) is 5.02 Å². The van der Waals surface area contributed by atoms with Crippen LogP contribution in [-0.4, -0.2) is 20.1 Å². The van der Waals surface area contributed by atoms with Crippen LogP contribution in [0, 0.1) is 11.7 Å². The Morgan fingerprint density at radius 1 is 1.24 bits per heavy atom. The molecule has 21 heavy (non-hydrogen) atoms. The first-order valence-corrected chi connectivity index (χ1v) is 7.37. The third kappa shape index (κ3) is 3.40. The zero-order valence-electron chi connectivity index (χ0n) is 12.2. The lowest BCUT2D eigenvalue weighted by Crippen LogP contribution is -2.25. The van der Waals surface area contributed by atoms with Crippen LogP contribution in [0.3, 0.4) is 0 Å². The summed E-state index contributed by atoms with van der Waals surface area (Å²) in [7, 11) is 2.70. The summed E-state index contributed by atoms with van der Waals surface area (Å²) in [6.45, 7) is 0. The summed E-state index contributed by atoms with van der Waals surface area (Å²) in [6, 6.07) is 1.16. The van der Waals surface area contributed by atoms with Gasteiger partial charge in [-0.05, 0) is 12.8 Å². The number of ether oxygens (including phenoxy) is 2. The van der Waals surface area contributed by atoms with Crippen molar-refractivity contribution in [2.45, 2.75) is 32.1 Å². The Kier molecular flexibility index (Phi) is 5.28. The van der Waals surface area contributed by atoms with Crippen molar-refractivity contribution in [2.75, 3.05) is 19.5 Å². The molecule has 1 aliphatic carbocycles. The summed E-state index contributed by atoms with van der Waals surface area (Å²) in [5.41, 5.74) is 0.211. The molecule has 0 aliphatic heterocycles. The SMILES string of the molecule is COc1c(F)cc(NC(=O)C2CCCCC2)c(Cl)c1OC. The lowest BCUT2D eigenvalue weighted by molar-refractivity contribution is -0.120. The maximum atomic E-state index is 14.0.